The SMILES string of the molecule is Cc1ccccc1CSc1nnc(NC(=O)CCC(=O)NCc2csc(C3CC3)n2)s1. The normalized spacial score (nSPS) is 13.2. The number of nitrogens with one attached hydrogen (secondary N) is 2. The van der Waals surface area contributed by atoms with Gasteiger partial charge in [0, 0.05) is 29.9 Å². The minimum Gasteiger partial charge on any atom is -0.350 e. The second-order valence-corrected chi connectivity index (χ2v) is 10.5. The van der Waals surface area contributed by atoms with Gasteiger partial charge >= 0.3 is 0 Å². The second kappa shape index (κ2) is 10.3. The summed E-state index contributed by atoms with van der Waals surface area (Å²) >= 11 is 4.58. The summed E-state index contributed by atoms with van der Waals surface area (Å²) in [6.45, 7) is 2.49. The van der Waals surface area contributed by atoms with Crippen LogP contribution in [0, 0.1) is 6.92 Å². The Morgan fingerprint density at radius 3 is 2.77 bits per heavy atom. The summed E-state index contributed by atoms with van der Waals surface area (Å²) in [6, 6.07) is 8.22. The zero-order chi connectivity index (χ0) is 21.6. The summed E-state index contributed by atoms with van der Waals surface area (Å²) in [6.07, 6.45) is 2.66. The van der Waals surface area contributed by atoms with E-state index in [2.05, 4.69) is 44.9 Å². The molecule has 0 saturated heterocycles. The Morgan fingerprint density at radius 2 is 1.97 bits per heavy atom. The molecule has 10 heteroatoms. The number of anilines is 1. The van der Waals surface area contributed by atoms with Gasteiger partial charge in [-0.3, -0.25) is 9.59 Å². The third-order valence-electron chi connectivity index (χ3n) is 4.81. The van der Waals surface area contributed by atoms with Crippen LogP contribution in [0.3, 0.4) is 0 Å². The summed E-state index contributed by atoms with van der Waals surface area (Å²) in [5.41, 5.74) is 3.37. The summed E-state index contributed by atoms with van der Waals surface area (Å²) < 4.78 is 0.796. The molecule has 0 atom stereocenters. The number of aryl methyl sites for hydroxylation is 1. The zero-order valence-electron chi connectivity index (χ0n) is 17.1. The highest BCUT2D eigenvalue weighted by atomic mass is 32.2. The number of rotatable bonds is 10. The van der Waals surface area contributed by atoms with E-state index in [4.69, 9.17) is 0 Å². The lowest BCUT2D eigenvalue weighted by atomic mass is 10.1. The highest BCUT2D eigenvalue weighted by Gasteiger charge is 2.26. The van der Waals surface area contributed by atoms with Crippen molar-refractivity contribution in [2.75, 3.05) is 5.32 Å². The molecule has 0 unspecified atom stereocenters. The molecule has 4 rings (SSSR count). The molecule has 2 heterocycles. The first kappa shape index (κ1) is 21.9. The molecular weight excluding hydrogens is 450 g/mol. The smallest absolute Gasteiger partial charge is 0.226 e. The van der Waals surface area contributed by atoms with Crippen LogP contribution in [0.4, 0.5) is 5.13 Å². The predicted molar refractivity (Wildman–Crippen MR) is 124 cm³/mol. The third-order valence-corrected chi connectivity index (χ3v) is 7.88. The summed E-state index contributed by atoms with van der Waals surface area (Å²) in [4.78, 5) is 28.7. The van der Waals surface area contributed by atoms with E-state index >= 15 is 0 Å². The summed E-state index contributed by atoms with van der Waals surface area (Å²) in [5.74, 6) is 1.02. The van der Waals surface area contributed by atoms with Gasteiger partial charge in [0.2, 0.25) is 16.9 Å². The molecule has 2 N–H and O–H groups in total. The fourth-order valence-corrected chi connectivity index (χ4v) is 5.67. The molecule has 2 aromatic heterocycles. The van der Waals surface area contributed by atoms with E-state index in [0.29, 0.717) is 17.6 Å². The lowest BCUT2D eigenvalue weighted by Gasteiger charge is -2.03. The van der Waals surface area contributed by atoms with Gasteiger partial charge in [0.25, 0.3) is 0 Å². The average Bonchev–Trinajstić information content (AvgIpc) is 3.34. The number of hydrogen-bond acceptors (Lipinski definition) is 8. The topological polar surface area (TPSA) is 96.9 Å². The predicted octanol–water partition coefficient (Wildman–Crippen LogP) is 4.51. The fourth-order valence-electron chi connectivity index (χ4n) is 2.84. The Balaban J connectivity index is 1.15. The zero-order valence-corrected chi connectivity index (χ0v) is 19.5. The van der Waals surface area contributed by atoms with Gasteiger partial charge < -0.3 is 10.6 Å². The molecule has 1 aliphatic rings. The molecule has 1 aliphatic carbocycles. The lowest BCUT2D eigenvalue weighted by Crippen LogP contribution is -2.24. The first-order chi connectivity index (χ1) is 15.1. The first-order valence-electron chi connectivity index (χ1n) is 10.1. The number of thiazole rings is 1. The molecule has 2 amide bonds. The van der Waals surface area contributed by atoms with Crippen LogP contribution in [0.25, 0.3) is 0 Å². The van der Waals surface area contributed by atoms with Gasteiger partial charge in [-0.2, -0.15) is 0 Å². The van der Waals surface area contributed by atoms with E-state index in [-0.39, 0.29) is 24.7 Å². The highest BCUT2D eigenvalue weighted by molar-refractivity contribution is 8.00. The second-order valence-electron chi connectivity index (χ2n) is 7.36. The number of amides is 2. The minimum atomic E-state index is -0.244. The molecule has 3 aromatic rings. The maximum absolute atomic E-state index is 12.1. The Kier molecular flexibility index (Phi) is 7.31. The Labute approximate surface area is 193 Å². The molecule has 7 nitrogen and oxygen atoms in total. The van der Waals surface area contributed by atoms with Gasteiger partial charge in [0.1, 0.15) is 0 Å². The molecule has 1 fully saturated rings. The van der Waals surface area contributed by atoms with E-state index in [1.54, 1.807) is 23.1 Å². The minimum absolute atomic E-state index is 0.0987. The van der Waals surface area contributed by atoms with Gasteiger partial charge in [-0.05, 0) is 30.9 Å². The van der Waals surface area contributed by atoms with Crippen LogP contribution in [0.15, 0.2) is 34.0 Å². The van der Waals surface area contributed by atoms with Crippen LogP contribution in [-0.2, 0) is 21.9 Å². The number of thioether (sulfide) groups is 1. The largest absolute Gasteiger partial charge is 0.350 e. The van der Waals surface area contributed by atoms with Crippen LogP contribution >= 0.6 is 34.4 Å². The van der Waals surface area contributed by atoms with Crippen LogP contribution in [0.1, 0.15) is 53.4 Å². The van der Waals surface area contributed by atoms with E-state index in [1.807, 2.05) is 17.5 Å². The Hall–Kier alpha value is -2.30. The van der Waals surface area contributed by atoms with Crippen LogP contribution in [0.5, 0.6) is 0 Å². The molecular formula is C21H23N5O2S3. The van der Waals surface area contributed by atoms with E-state index < -0.39 is 0 Å². The number of nitrogens with zero attached hydrogens (tertiary/aromatic N) is 3. The Morgan fingerprint density at radius 1 is 1.16 bits per heavy atom. The highest BCUT2D eigenvalue weighted by Crippen LogP contribution is 2.41. The maximum atomic E-state index is 12.1. The molecule has 0 aliphatic heterocycles. The fraction of sp³-hybridized carbons (Fsp3) is 0.381. The van der Waals surface area contributed by atoms with Crippen molar-refractivity contribution in [1.82, 2.24) is 20.5 Å². The standard InChI is InChI=1S/C21H23N5O2S3/c1-13-4-2-3-5-15(13)11-30-21-26-25-20(31-21)24-18(28)9-8-17(27)22-10-16-12-29-19(23-16)14-6-7-14/h2-5,12,14H,6-11H2,1H3,(H,22,27)(H,24,25,28). The van der Waals surface area contributed by atoms with Crippen molar-refractivity contribution in [3.8, 4) is 0 Å². The third kappa shape index (κ3) is 6.59. The number of carbonyl (C=O) groups excluding carboxylic acids is 2. The van der Waals surface area contributed by atoms with Crippen molar-refractivity contribution in [3.63, 3.8) is 0 Å². The van der Waals surface area contributed by atoms with Gasteiger partial charge in [-0.15, -0.1) is 21.5 Å². The van der Waals surface area contributed by atoms with Crippen molar-refractivity contribution < 1.29 is 9.59 Å². The van der Waals surface area contributed by atoms with Gasteiger partial charge in [0.15, 0.2) is 4.34 Å². The monoisotopic (exact) mass is 473 g/mol. The van der Waals surface area contributed by atoms with Gasteiger partial charge in [-0.25, -0.2) is 4.98 Å². The summed E-state index contributed by atoms with van der Waals surface area (Å²) in [7, 11) is 0. The molecule has 0 radical (unpaired) electrons. The van der Waals surface area contributed by atoms with Crippen LogP contribution < -0.4 is 10.6 Å². The van der Waals surface area contributed by atoms with E-state index in [0.717, 1.165) is 20.8 Å². The summed E-state index contributed by atoms with van der Waals surface area (Å²) in [5, 5.41) is 17.3. The average molecular weight is 474 g/mol. The molecule has 1 saturated carbocycles. The molecule has 0 bridgehead atoms. The quantitative estimate of drug-likeness (QED) is 0.332. The molecule has 1 aromatic carbocycles. The van der Waals surface area contributed by atoms with Crippen molar-refractivity contribution in [2.45, 2.75) is 55.2 Å². The number of aromatic nitrogens is 3. The maximum Gasteiger partial charge on any atom is 0.226 e. The lowest BCUT2D eigenvalue weighted by molar-refractivity contribution is -0.124. The van der Waals surface area contributed by atoms with Crippen LogP contribution in [0.2, 0.25) is 0 Å². The molecule has 0 spiro atoms. The molecule has 31 heavy (non-hydrogen) atoms. The number of carbonyl (C=O) groups is 2. The van der Waals surface area contributed by atoms with Crippen molar-refractivity contribution >= 4 is 51.4 Å². The Bertz CT molecular complexity index is 1060. The van der Waals surface area contributed by atoms with E-state index in [9.17, 15) is 9.59 Å². The van der Waals surface area contributed by atoms with Gasteiger partial charge in [-0.1, -0.05) is 47.4 Å². The van der Waals surface area contributed by atoms with Crippen molar-refractivity contribution in [1.29, 1.82) is 0 Å². The van der Waals surface area contributed by atoms with Crippen LogP contribution in [-0.4, -0.2) is 27.0 Å². The van der Waals surface area contributed by atoms with Crippen molar-refractivity contribution in [3.05, 3.63) is 51.5 Å². The number of hydrogen-bond donors (Lipinski definition) is 2. The molecule has 162 valence electrons. The number of benzene rings is 1. The van der Waals surface area contributed by atoms with Crippen molar-refractivity contribution in [2.24, 2.45) is 0 Å². The first-order valence-corrected chi connectivity index (χ1v) is 12.8. The van der Waals surface area contributed by atoms with E-state index in [1.165, 1.54) is 35.3 Å². The van der Waals surface area contributed by atoms with Gasteiger partial charge in [0.05, 0.1) is 17.2 Å².